The maximum absolute atomic E-state index is 12.2. The number of carbonyl (C=O) groups excluding carboxylic acids is 1. The van der Waals surface area contributed by atoms with Crippen LogP contribution in [0.15, 0.2) is 40.3 Å². The van der Waals surface area contributed by atoms with Crippen molar-refractivity contribution in [2.75, 3.05) is 13.2 Å². The standard InChI is InChI=1S/C20H17ClN2O5/c21-17-9-12(3-5-16(17)20(25)26)18-6-4-14(28-18)8-13(10-22)19(24)23-11-15-2-1-7-27-15/h3-6,8-9,15H,1-2,7,11H2,(H,23,24)(H,25,26)/b13-8-/t15-/m0/s1. The number of aromatic carboxylic acids is 1. The summed E-state index contributed by atoms with van der Waals surface area (Å²) < 4.78 is 11.1. The molecule has 1 amide bonds. The summed E-state index contributed by atoms with van der Waals surface area (Å²) in [6.45, 7) is 1.05. The zero-order valence-electron chi connectivity index (χ0n) is 14.8. The van der Waals surface area contributed by atoms with E-state index in [1.54, 1.807) is 18.2 Å². The quantitative estimate of drug-likeness (QED) is 0.566. The van der Waals surface area contributed by atoms with Gasteiger partial charge in [0.05, 0.1) is 16.7 Å². The fraction of sp³-hybridized carbons (Fsp3) is 0.250. The van der Waals surface area contributed by atoms with Gasteiger partial charge in [-0.05, 0) is 37.1 Å². The number of hydrogen-bond donors (Lipinski definition) is 2. The molecule has 1 fully saturated rings. The van der Waals surface area contributed by atoms with Gasteiger partial charge in [0.1, 0.15) is 23.2 Å². The highest BCUT2D eigenvalue weighted by Crippen LogP contribution is 2.28. The molecule has 7 nitrogen and oxygen atoms in total. The summed E-state index contributed by atoms with van der Waals surface area (Å²) in [6.07, 6.45) is 3.18. The predicted octanol–water partition coefficient (Wildman–Crippen LogP) is 3.50. The number of furan rings is 1. The summed E-state index contributed by atoms with van der Waals surface area (Å²) >= 11 is 5.98. The highest BCUT2D eigenvalue weighted by molar-refractivity contribution is 6.33. The Balaban J connectivity index is 1.72. The number of ether oxygens (including phenoxy) is 1. The number of benzene rings is 1. The lowest BCUT2D eigenvalue weighted by molar-refractivity contribution is -0.117. The van der Waals surface area contributed by atoms with Crippen molar-refractivity contribution in [3.05, 3.63) is 52.3 Å². The van der Waals surface area contributed by atoms with E-state index in [-0.39, 0.29) is 22.3 Å². The van der Waals surface area contributed by atoms with Gasteiger partial charge in [0, 0.05) is 24.8 Å². The van der Waals surface area contributed by atoms with E-state index in [2.05, 4.69) is 5.32 Å². The van der Waals surface area contributed by atoms with Gasteiger partial charge in [-0.25, -0.2) is 4.79 Å². The molecule has 0 unspecified atom stereocenters. The fourth-order valence-corrected chi connectivity index (χ4v) is 3.09. The van der Waals surface area contributed by atoms with Crippen LogP contribution in [0.2, 0.25) is 5.02 Å². The van der Waals surface area contributed by atoms with E-state index in [0.717, 1.165) is 12.8 Å². The van der Waals surface area contributed by atoms with E-state index in [0.29, 0.717) is 30.2 Å². The number of carbonyl (C=O) groups is 2. The number of hydrogen-bond acceptors (Lipinski definition) is 5. The van der Waals surface area contributed by atoms with E-state index in [4.69, 9.17) is 25.9 Å². The molecule has 3 rings (SSSR count). The Labute approximate surface area is 166 Å². The van der Waals surface area contributed by atoms with Crippen LogP contribution in [-0.4, -0.2) is 36.2 Å². The van der Waals surface area contributed by atoms with Gasteiger partial charge < -0.3 is 19.6 Å². The van der Waals surface area contributed by atoms with Crippen LogP contribution in [0, 0.1) is 11.3 Å². The van der Waals surface area contributed by atoms with Crippen LogP contribution < -0.4 is 5.32 Å². The molecule has 1 atom stereocenters. The third kappa shape index (κ3) is 4.60. The minimum atomic E-state index is -1.12. The normalized spacial score (nSPS) is 16.6. The molecule has 28 heavy (non-hydrogen) atoms. The molecule has 0 spiro atoms. The molecule has 144 valence electrons. The minimum Gasteiger partial charge on any atom is -0.478 e. The van der Waals surface area contributed by atoms with Crippen LogP contribution in [0.4, 0.5) is 0 Å². The Hall–Kier alpha value is -3.08. The highest BCUT2D eigenvalue weighted by Gasteiger charge is 2.18. The van der Waals surface area contributed by atoms with Crippen LogP contribution in [-0.2, 0) is 9.53 Å². The number of rotatable bonds is 6. The van der Waals surface area contributed by atoms with Crippen molar-refractivity contribution in [2.45, 2.75) is 18.9 Å². The molecule has 0 aliphatic carbocycles. The lowest BCUT2D eigenvalue weighted by atomic mass is 10.1. The average Bonchev–Trinajstić information content (AvgIpc) is 3.35. The molecule has 1 aromatic heterocycles. The van der Waals surface area contributed by atoms with Crippen molar-refractivity contribution in [1.82, 2.24) is 5.32 Å². The number of halogens is 1. The third-order valence-electron chi connectivity index (χ3n) is 4.28. The maximum atomic E-state index is 12.2. The van der Waals surface area contributed by atoms with Crippen molar-refractivity contribution in [3.8, 4) is 17.4 Å². The summed E-state index contributed by atoms with van der Waals surface area (Å²) in [5, 5.41) is 21.1. The average molecular weight is 401 g/mol. The zero-order valence-corrected chi connectivity index (χ0v) is 15.5. The van der Waals surface area contributed by atoms with Crippen LogP contribution >= 0.6 is 11.6 Å². The number of amides is 1. The Bertz CT molecular complexity index is 967. The summed E-state index contributed by atoms with van der Waals surface area (Å²) in [4.78, 5) is 23.2. The number of nitrogens with zero attached hydrogens (tertiary/aromatic N) is 1. The first kappa shape index (κ1) is 19.7. The van der Waals surface area contributed by atoms with Gasteiger partial charge >= 0.3 is 5.97 Å². The second-order valence-corrected chi connectivity index (χ2v) is 6.62. The van der Waals surface area contributed by atoms with Crippen LogP contribution in [0.5, 0.6) is 0 Å². The molecule has 1 saturated heterocycles. The molecule has 0 bridgehead atoms. The van der Waals surface area contributed by atoms with E-state index >= 15 is 0 Å². The van der Waals surface area contributed by atoms with Crippen LogP contribution in [0.1, 0.15) is 29.0 Å². The fourth-order valence-electron chi connectivity index (χ4n) is 2.83. The van der Waals surface area contributed by atoms with E-state index in [1.807, 2.05) is 6.07 Å². The molecule has 2 N–H and O–H groups in total. The first-order valence-corrected chi connectivity index (χ1v) is 9.00. The summed E-state index contributed by atoms with van der Waals surface area (Å²) in [5.41, 5.74) is 0.487. The van der Waals surface area contributed by atoms with Crippen molar-refractivity contribution in [1.29, 1.82) is 5.26 Å². The SMILES string of the molecule is N#C/C(=C/c1ccc(-c2ccc(C(=O)O)c(Cl)c2)o1)C(=O)NC[C@@H]1CCCO1. The maximum Gasteiger partial charge on any atom is 0.337 e. The molecule has 1 aliphatic rings. The summed E-state index contributed by atoms with van der Waals surface area (Å²) in [7, 11) is 0. The van der Waals surface area contributed by atoms with Gasteiger partial charge in [0.15, 0.2) is 0 Å². The van der Waals surface area contributed by atoms with Gasteiger partial charge in [-0.3, -0.25) is 4.79 Å². The largest absolute Gasteiger partial charge is 0.478 e. The predicted molar refractivity (Wildman–Crippen MR) is 102 cm³/mol. The van der Waals surface area contributed by atoms with Gasteiger partial charge in [0.2, 0.25) is 0 Å². The first-order valence-electron chi connectivity index (χ1n) is 8.62. The molecular formula is C20H17ClN2O5. The second-order valence-electron chi connectivity index (χ2n) is 6.22. The lowest BCUT2D eigenvalue weighted by Gasteiger charge is -2.09. The molecule has 1 aliphatic heterocycles. The van der Waals surface area contributed by atoms with Gasteiger partial charge in [-0.15, -0.1) is 0 Å². The van der Waals surface area contributed by atoms with Gasteiger partial charge in [-0.2, -0.15) is 5.26 Å². The molecule has 2 aromatic rings. The molecule has 0 saturated carbocycles. The Morgan fingerprint density at radius 2 is 2.18 bits per heavy atom. The van der Waals surface area contributed by atoms with Crippen LogP contribution in [0.3, 0.4) is 0 Å². The zero-order chi connectivity index (χ0) is 20.1. The topological polar surface area (TPSA) is 113 Å². The van der Waals surface area contributed by atoms with E-state index in [1.165, 1.54) is 18.2 Å². The van der Waals surface area contributed by atoms with Crippen molar-refractivity contribution < 1.29 is 23.8 Å². The van der Waals surface area contributed by atoms with Gasteiger partial charge in [-0.1, -0.05) is 17.7 Å². The second kappa shape index (κ2) is 8.74. The molecule has 2 heterocycles. The molecule has 0 radical (unpaired) electrons. The smallest absolute Gasteiger partial charge is 0.337 e. The Morgan fingerprint density at radius 1 is 1.36 bits per heavy atom. The van der Waals surface area contributed by atoms with Crippen molar-refractivity contribution >= 4 is 29.6 Å². The first-order chi connectivity index (χ1) is 13.5. The summed E-state index contributed by atoms with van der Waals surface area (Å²) in [5.74, 6) is -0.864. The van der Waals surface area contributed by atoms with Gasteiger partial charge in [0.25, 0.3) is 5.91 Å². The molecule has 1 aromatic carbocycles. The number of nitriles is 1. The Kier molecular flexibility index (Phi) is 6.14. The highest BCUT2D eigenvalue weighted by atomic mass is 35.5. The van der Waals surface area contributed by atoms with Crippen molar-refractivity contribution in [2.24, 2.45) is 0 Å². The lowest BCUT2D eigenvalue weighted by Crippen LogP contribution is -2.32. The minimum absolute atomic E-state index is 0.00762. The number of nitrogens with one attached hydrogen (secondary N) is 1. The van der Waals surface area contributed by atoms with Crippen LogP contribution in [0.25, 0.3) is 17.4 Å². The summed E-state index contributed by atoms with van der Waals surface area (Å²) in [6, 6.07) is 9.57. The Morgan fingerprint density at radius 3 is 2.82 bits per heavy atom. The molecule has 8 heteroatoms. The molecular weight excluding hydrogens is 384 g/mol. The third-order valence-corrected chi connectivity index (χ3v) is 4.59. The van der Waals surface area contributed by atoms with E-state index < -0.39 is 11.9 Å². The van der Waals surface area contributed by atoms with Crippen molar-refractivity contribution in [3.63, 3.8) is 0 Å². The van der Waals surface area contributed by atoms with E-state index in [9.17, 15) is 14.9 Å². The number of carboxylic acid groups (broad SMARTS) is 1. The number of carboxylic acids is 1. The monoisotopic (exact) mass is 400 g/mol.